The molecule has 0 bridgehead atoms. The Hall–Kier alpha value is 0.150. The number of ether oxygens (including phenoxy) is 1. The normalized spacial score (nSPS) is 46.6. The van der Waals surface area contributed by atoms with Crippen molar-refractivity contribution in [2.24, 2.45) is 0 Å². The molecule has 1 saturated heterocycles. The molecule has 0 saturated carbocycles. The Balaban J connectivity index is 2.71. The molecule has 1 radical (unpaired) electrons. The molecule has 6 heteroatoms. The summed E-state index contributed by atoms with van der Waals surface area (Å²) in [6, 6.07) is 0. The van der Waals surface area contributed by atoms with Crippen molar-refractivity contribution in [3.63, 3.8) is 0 Å². The summed E-state index contributed by atoms with van der Waals surface area (Å²) in [6.07, 6.45) is -3.22. The van der Waals surface area contributed by atoms with Gasteiger partial charge in [0.05, 0.1) is 6.61 Å². The lowest BCUT2D eigenvalue weighted by Gasteiger charge is -2.20. The fourth-order valence-electron chi connectivity index (χ4n) is 0.817. The number of aliphatic hydroxyl groups excluding tert-OH is 3. The van der Waals surface area contributed by atoms with Gasteiger partial charge in [-0.1, -0.05) is 0 Å². The molecule has 5 nitrogen and oxygen atoms in total. The molecule has 4 N–H and O–H groups in total. The summed E-state index contributed by atoms with van der Waals surface area (Å²) in [5.74, 6) is 0. The average molecular weight is 181 g/mol. The van der Waals surface area contributed by atoms with Gasteiger partial charge in [0.2, 0.25) is 0 Å². The first kappa shape index (κ1) is 9.24. The zero-order valence-corrected chi connectivity index (χ0v) is 6.40. The molecule has 0 aromatic heterocycles. The highest BCUT2D eigenvalue weighted by Crippen LogP contribution is 2.37. The minimum atomic E-state index is -2.08. The largest absolute Gasteiger partial charge is 0.394 e. The minimum Gasteiger partial charge on any atom is -0.394 e. The summed E-state index contributed by atoms with van der Waals surface area (Å²) in [5.41, 5.74) is 0. The smallest absolute Gasteiger partial charge is 0.267 e. The Morgan fingerprint density at radius 2 is 2.18 bits per heavy atom. The number of thiol groups is 1. The van der Waals surface area contributed by atoms with Crippen molar-refractivity contribution in [3.8, 4) is 0 Å². The Labute approximate surface area is 68.6 Å². The SMILES string of the molecule is OC[C@H]1O[C](O)[C@@](O)(S)[C@@H]1O. The van der Waals surface area contributed by atoms with Crippen LogP contribution in [0.1, 0.15) is 0 Å². The van der Waals surface area contributed by atoms with Crippen molar-refractivity contribution in [3.05, 3.63) is 6.29 Å². The first-order valence-electron chi connectivity index (χ1n) is 2.97. The van der Waals surface area contributed by atoms with E-state index in [0.717, 1.165) is 0 Å². The van der Waals surface area contributed by atoms with Crippen LogP contribution in [0.5, 0.6) is 0 Å². The van der Waals surface area contributed by atoms with E-state index in [1.807, 2.05) is 0 Å². The second kappa shape index (κ2) is 2.89. The van der Waals surface area contributed by atoms with Crippen molar-refractivity contribution in [2.45, 2.75) is 17.1 Å². The molecule has 0 amide bonds. The maximum absolute atomic E-state index is 9.12. The van der Waals surface area contributed by atoms with Gasteiger partial charge in [-0.2, -0.15) is 0 Å². The van der Waals surface area contributed by atoms with Crippen LogP contribution in [-0.2, 0) is 4.74 Å². The van der Waals surface area contributed by atoms with Gasteiger partial charge in [-0.25, -0.2) is 0 Å². The summed E-state index contributed by atoms with van der Waals surface area (Å²) in [6.45, 7) is -0.492. The Morgan fingerprint density at radius 3 is 2.36 bits per heavy atom. The van der Waals surface area contributed by atoms with E-state index in [1.165, 1.54) is 0 Å². The lowest BCUT2D eigenvalue weighted by molar-refractivity contribution is -0.0487. The zero-order chi connectivity index (χ0) is 8.65. The fraction of sp³-hybridized carbons (Fsp3) is 0.800. The van der Waals surface area contributed by atoms with Crippen molar-refractivity contribution in [1.29, 1.82) is 0 Å². The molecule has 11 heavy (non-hydrogen) atoms. The summed E-state index contributed by atoms with van der Waals surface area (Å²) in [5, 5.41) is 35.6. The highest BCUT2D eigenvalue weighted by molar-refractivity contribution is 7.81. The molecule has 0 aliphatic carbocycles. The summed E-state index contributed by atoms with van der Waals surface area (Å²) >= 11 is 3.53. The topological polar surface area (TPSA) is 90.2 Å². The van der Waals surface area contributed by atoms with Crippen LogP contribution in [0.15, 0.2) is 0 Å². The van der Waals surface area contributed by atoms with Gasteiger partial charge in [-0.3, -0.25) is 0 Å². The van der Waals surface area contributed by atoms with Crippen LogP contribution < -0.4 is 0 Å². The monoisotopic (exact) mass is 181 g/mol. The molecule has 1 aliphatic rings. The highest BCUT2D eigenvalue weighted by Gasteiger charge is 2.53. The van der Waals surface area contributed by atoms with E-state index in [9.17, 15) is 0 Å². The zero-order valence-electron chi connectivity index (χ0n) is 5.51. The van der Waals surface area contributed by atoms with Crippen LogP contribution in [0.25, 0.3) is 0 Å². The predicted molar refractivity (Wildman–Crippen MR) is 37.1 cm³/mol. The number of hydrogen-bond acceptors (Lipinski definition) is 6. The van der Waals surface area contributed by atoms with Crippen LogP contribution in [-0.4, -0.2) is 44.2 Å². The summed E-state index contributed by atoms with van der Waals surface area (Å²) in [7, 11) is 0. The van der Waals surface area contributed by atoms with Crippen molar-refractivity contribution < 1.29 is 25.2 Å². The molecule has 1 rings (SSSR count). The third-order valence-corrected chi connectivity index (χ3v) is 1.98. The molecular weight excluding hydrogens is 172 g/mol. The van der Waals surface area contributed by atoms with Crippen molar-refractivity contribution >= 4 is 12.6 Å². The lowest BCUT2D eigenvalue weighted by atomic mass is 10.1. The van der Waals surface area contributed by atoms with Gasteiger partial charge >= 0.3 is 0 Å². The minimum absolute atomic E-state index is 0.492. The van der Waals surface area contributed by atoms with E-state index >= 15 is 0 Å². The third kappa shape index (κ3) is 1.37. The van der Waals surface area contributed by atoms with E-state index in [-0.39, 0.29) is 0 Å². The maximum Gasteiger partial charge on any atom is 0.267 e. The molecule has 1 fully saturated rings. The molecule has 3 atom stereocenters. The predicted octanol–water partition coefficient (Wildman–Crippen LogP) is -1.78. The Morgan fingerprint density at radius 1 is 1.64 bits per heavy atom. The second-order valence-electron chi connectivity index (χ2n) is 2.32. The van der Waals surface area contributed by atoms with E-state index in [1.54, 1.807) is 0 Å². The van der Waals surface area contributed by atoms with E-state index in [4.69, 9.17) is 20.4 Å². The second-order valence-corrected chi connectivity index (χ2v) is 3.00. The van der Waals surface area contributed by atoms with Crippen LogP contribution in [0, 0.1) is 6.29 Å². The molecule has 0 spiro atoms. The number of aliphatic hydroxyl groups is 4. The summed E-state index contributed by atoms with van der Waals surface area (Å²) < 4.78 is 4.48. The van der Waals surface area contributed by atoms with E-state index in [0.29, 0.717) is 0 Å². The number of hydrogen-bond donors (Lipinski definition) is 5. The third-order valence-electron chi connectivity index (χ3n) is 1.52. The first-order valence-corrected chi connectivity index (χ1v) is 3.41. The molecule has 0 aromatic carbocycles. The Bertz CT molecular complexity index is 150. The van der Waals surface area contributed by atoms with Gasteiger partial charge in [-0.15, -0.1) is 12.6 Å². The maximum atomic E-state index is 9.12. The van der Waals surface area contributed by atoms with Gasteiger partial charge in [-0.05, 0) is 0 Å². The lowest BCUT2D eigenvalue weighted by Crippen LogP contribution is -2.40. The van der Waals surface area contributed by atoms with Crippen molar-refractivity contribution in [2.75, 3.05) is 6.61 Å². The van der Waals surface area contributed by atoms with Crippen LogP contribution in [0.4, 0.5) is 0 Å². The molecule has 1 aliphatic heterocycles. The van der Waals surface area contributed by atoms with Crippen molar-refractivity contribution in [1.82, 2.24) is 0 Å². The molecule has 65 valence electrons. The first-order chi connectivity index (χ1) is 5.00. The van der Waals surface area contributed by atoms with Crippen LogP contribution in [0.3, 0.4) is 0 Å². The fourth-order valence-corrected chi connectivity index (χ4v) is 1.04. The summed E-state index contributed by atoms with van der Waals surface area (Å²) in [4.78, 5) is -2.08. The van der Waals surface area contributed by atoms with E-state index in [2.05, 4.69) is 17.4 Å². The average Bonchev–Trinajstić information content (AvgIpc) is 2.14. The van der Waals surface area contributed by atoms with Crippen LogP contribution >= 0.6 is 12.6 Å². The molecular formula is C5H9O5S. The van der Waals surface area contributed by atoms with Gasteiger partial charge in [0.1, 0.15) is 12.2 Å². The number of rotatable bonds is 1. The van der Waals surface area contributed by atoms with Gasteiger partial charge in [0.15, 0.2) is 4.93 Å². The highest BCUT2D eigenvalue weighted by atomic mass is 32.1. The molecule has 1 heterocycles. The standard InChI is InChI=1S/C5H9O5S/c6-1-2-3(7)5(9,11)4(8)10-2/h2-3,6-9,11H,1H2/t2-,3-,5+/m1/s1. The van der Waals surface area contributed by atoms with Gasteiger partial charge in [0, 0.05) is 0 Å². The Kier molecular flexibility index (Phi) is 2.43. The van der Waals surface area contributed by atoms with E-state index < -0.39 is 30.0 Å². The van der Waals surface area contributed by atoms with Crippen LogP contribution in [0.2, 0.25) is 0 Å². The quantitative estimate of drug-likeness (QED) is 0.244. The molecule has 0 unspecified atom stereocenters. The van der Waals surface area contributed by atoms with Gasteiger partial charge in [0.25, 0.3) is 6.29 Å². The van der Waals surface area contributed by atoms with Gasteiger partial charge < -0.3 is 25.2 Å². The molecule has 0 aromatic rings.